The fraction of sp³-hybridized carbons (Fsp3) is 0.500. The zero-order valence-electron chi connectivity index (χ0n) is 13.7. The highest BCUT2D eigenvalue weighted by atomic mass is 19.3. The van der Waals surface area contributed by atoms with Gasteiger partial charge in [0.1, 0.15) is 5.82 Å². The van der Waals surface area contributed by atoms with Gasteiger partial charge in [-0.15, -0.1) is 0 Å². The van der Waals surface area contributed by atoms with E-state index in [1.54, 1.807) is 41.1 Å². The number of amides is 1. The van der Waals surface area contributed by atoms with E-state index in [2.05, 4.69) is 4.98 Å². The fourth-order valence-corrected chi connectivity index (χ4v) is 2.63. The molecule has 0 saturated carbocycles. The summed E-state index contributed by atoms with van der Waals surface area (Å²) in [4.78, 5) is 19.8. The lowest BCUT2D eigenvalue weighted by Gasteiger charge is -2.23. The predicted octanol–water partition coefficient (Wildman–Crippen LogP) is 2.73. The number of hydrogen-bond acceptors (Lipinski definition) is 3. The number of halogens is 2. The quantitative estimate of drug-likeness (QED) is 0.786. The summed E-state index contributed by atoms with van der Waals surface area (Å²) >= 11 is 0. The van der Waals surface area contributed by atoms with Gasteiger partial charge in [0.2, 0.25) is 5.91 Å². The molecule has 0 unspecified atom stereocenters. The molecule has 0 fully saturated rings. The molecule has 0 N–H and O–H groups in total. The molecular formula is C16H22F2N4O. The molecule has 1 amide bonds. The molecule has 1 heterocycles. The van der Waals surface area contributed by atoms with Gasteiger partial charge in [0, 0.05) is 13.1 Å². The number of benzene rings is 1. The summed E-state index contributed by atoms with van der Waals surface area (Å²) in [6.45, 7) is 2.80. The minimum atomic E-state index is -2.66. The second-order valence-electron chi connectivity index (χ2n) is 5.40. The number of carbonyl (C=O) groups excluding carboxylic acids is 1. The van der Waals surface area contributed by atoms with Crippen LogP contribution in [0, 0.1) is 0 Å². The Bertz CT molecular complexity index is 667. The Kier molecular flexibility index (Phi) is 5.65. The third-order valence-electron chi connectivity index (χ3n) is 3.80. The predicted molar refractivity (Wildman–Crippen MR) is 85.2 cm³/mol. The third-order valence-corrected chi connectivity index (χ3v) is 3.80. The topological polar surface area (TPSA) is 41.4 Å². The Labute approximate surface area is 134 Å². The Morgan fingerprint density at radius 2 is 1.91 bits per heavy atom. The van der Waals surface area contributed by atoms with Crippen LogP contribution in [0.1, 0.15) is 26.2 Å². The molecular weight excluding hydrogens is 302 g/mol. The number of fused-ring (bicyclic) bond motifs is 1. The molecule has 2 aromatic rings. The number of nitrogens with zero attached hydrogens (tertiary/aromatic N) is 4. The lowest BCUT2D eigenvalue weighted by molar-refractivity contribution is -0.131. The molecule has 0 spiro atoms. The van der Waals surface area contributed by atoms with Gasteiger partial charge < -0.3 is 4.90 Å². The van der Waals surface area contributed by atoms with E-state index in [0.29, 0.717) is 24.1 Å². The van der Waals surface area contributed by atoms with Gasteiger partial charge in [-0.2, -0.15) is 8.78 Å². The number of hydrogen-bond donors (Lipinski definition) is 0. The molecule has 1 aromatic carbocycles. The minimum absolute atomic E-state index is 0.0165. The first-order valence-electron chi connectivity index (χ1n) is 7.68. The Morgan fingerprint density at radius 1 is 1.26 bits per heavy atom. The van der Waals surface area contributed by atoms with Crippen LogP contribution in [0.5, 0.6) is 0 Å². The van der Waals surface area contributed by atoms with Crippen LogP contribution in [-0.4, -0.2) is 51.9 Å². The van der Waals surface area contributed by atoms with Crippen molar-refractivity contribution in [3.05, 3.63) is 30.1 Å². The van der Waals surface area contributed by atoms with Crippen LogP contribution in [0.15, 0.2) is 24.3 Å². The molecule has 23 heavy (non-hydrogen) atoms. The molecule has 0 bridgehead atoms. The highest BCUT2D eigenvalue weighted by Gasteiger charge is 2.20. The highest BCUT2D eigenvalue weighted by molar-refractivity contribution is 5.78. The summed E-state index contributed by atoms with van der Waals surface area (Å²) in [5.74, 6) is 0.244. The van der Waals surface area contributed by atoms with Crippen LogP contribution in [0.3, 0.4) is 0 Å². The van der Waals surface area contributed by atoms with Gasteiger partial charge in [-0.3, -0.25) is 14.3 Å². The fourth-order valence-electron chi connectivity index (χ4n) is 2.63. The molecule has 0 atom stereocenters. The van der Waals surface area contributed by atoms with Crippen molar-refractivity contribution in [1.82, 2.24) is 19.4 Å². The van der Waals surface area contributed by atoms with Gasteiger partial charge in [-0.1, -0.05) is 12.1 Å². The van der Waals surface area contributed by atoms with Crippen LogP contribution in [0.25, 0.3) is 11.0 Å². The molecule has 0 aliphatic heterocycles. The first kappa shape index (κ1) is 17.3. The maximum atomic E-state index is 13.4. The van der Waals surface area contributed by atoms with Crippen LogP contribution >= 0.6 is 0 Å². The van der Waals surface area contributed by atoms with Crippen molar-refractivity contribution in [1.29, 1.82) is 0 Å². The number of imidazole rings is 1. The van der Waals surface area contributed by atoms with E-state index < -0.39 is 6.55 Å². The van der Waals surface area contributed by atoms with Crippen molar-refractivity contribution in [3.8, 4) is 0 Å². The SMILES string of the molecule is CCN(CC)C(=O)CN(C)Cc1nc2ccccc2n1C(F)F. The first-order valence-corrected chi connectivity index (χ1v) is 7.68. The molecule has 0 aliphatic rings. The summed E-state index contributed by atoms with van der Waals surface area (Å²) in [5.41, 5.74) is 0.937. The van der Waals surface area contributed by atoms with Crippen molar-refractivity contribution in [2.75, 3.05) is 26.7 Å². The largest absolute Gasteiger partial charge is 0.342 e. The van der Waals surface area contributed by atoms with Crippen LogP contribution in [-0.2, 0) is 11.3 Å². The van der Waals surface area contributed by atoms with Crippen LogP contribution in [0.4, 0.5) is 8.78 Å². The maximum absolute atomic E-state index is 13.4. The normalized spacial score (nSPS) is 11.6. The van der Waals surface area contributed by atoms with E-state index in [-0.39, 0.29) is 24.8 Å². The molecule has 0 aliphatic carbocycles. The summed E-state index contributed by atoms with van der Waals surface area (Å²) in [7, 11) is 1.73. The molecule has 0 saturated heterocycles. The summed E-state index contributed by atoms with van der Waals surface area (Å²) in [6, 6.07) is 6.81. The lowest BCUT2D eigenvalue weighted by Crippen LogP contribution is -2.38. The van der Waals surface area contributed by atoms with Gasteiger partial charge in [0.25, 0.3) is 0 Å². The number of likely N-dealkylation sites (N-methyl/N-ethyl adjacent to an activating group) is 2. The second kappa shape index (κ2) is 7.50. The van der Waals surface area contributed by atoms with E-state index in [9.17, 15) is 13.6 Å². The van der Waals surface area contributed by atoms with Crippen LogP contribution < -0.4 is 0 Å². The number of aromatic nitrogens is 2. The second-order valence-corrected chi connectivity index (χ2v) is 5.40. The molecule has 1 aromatic heterocycles. The monoisotopic (exact) mass is 324 g/mol. The van der Waals surface area contributed by atoms with Crippen molar-refractivity contribution in [3.63, 3.8) is 0 Å². The Hall–Kier alpha value is -2.02. The van der Waals surface area contributed by atoms with Crippen molar-refractivity contribution >= 4 is 16.9 Å². The number of alkyl halides is 2. The highest BCUT2D eigenvalue weighted by Crippen LogP contribution is 2.23. The Balaban J connectivity index is 2.18. The number of rotatable bonds is 7. The third kappa shape index (κ3) is 3.85. The smallest absolute Gasteiger partial charge is 0.320 e. The standard InChI is InChI=1S/C16H22F2N4O/c1-4-21(5-2)15(23)11-20(3)10-14-19-12-8-6-7-9-13(12)22(14)16(17)18/h6-9,16H,4-5,10-11H2,1-3H3. The average molecular weight is 324 g/mol. The minimum Gasteiger partial charge on any atom is -0.342 e. The lowest BCUT2D eigenvalue weighted by atomic mass is 10.3. The molecule has 7 heteroatoms. The zero-order valence-corrected chi connectivity index (χ0v) is 13.7. The summed E-state index contributed by atoms with van der Waals surface area (Å²) in [6.07, 6.45) is 0. The van der Waals surface area contributed by atoms with Crippen molar-refractivity contribution in [2.24, 2.45) is 0 Å². The van der Waals surface area contributed by atoms with Gasteiger partial charge in [-0.25, -0.2) is 4.98 Å². The van der Waals surface area contributed by atoms with Crippen molar-refractivity contribution < 1.29 is 13.6 Å². The maximum Gasteiger partial charge on any atom is 0.320 e. The van der Waals surface area contributed by atoms with Gasteiger partial charge in [0.05, 0.1) is 24.1 Å². The summed E-state index contributed by atoms with van der Waals surface area (Å²) in [5, 5.41) is 0. The Morgan fingerprint density at radius 3 is 2.52 bits per heavy atom. The molecule has 2 rings (SSSR count). The van der Waals surface area contributed by atoms with Gasteiger partial charge in [0.15, 0.2) is 0 Å². The molecule has 5 nitrogen and oxygen atoms in total. The number of para-hydroxylation sites is 2. The van der Waals surface area contributed by atoms with Gasteiger partial charge in [-0.05, 0) is 33.0 Å². The number of carbonyl (C=O) groups is 1. The van der Waals surface area contributed by atoms with Crippen molar-refractivity contribution in [2.45, 2.75) is 26.9 Å². The van der Waals surface area contributed by atoms with E-state index in [0.717, 1.165) is 4.57 Å². The zero-order chi connectivity index (χ0) is 17.0. The summed E-state index contributed by atoms with van der Waals surface area (Å²) < 4.78 is 27.7. The van der Waals surface area contributed by atoms with E-state index >= 15 is 0 Å². The van der Waals surface area contributed by atoms with E-state index in [4.69, 9.17) is 0 Å². The van der Waals surface area contributed by atoms with E-state index in [1.165, 1.54) is 0 Å². The first-order chi connectivity index (χ1) is 11.0. The van der Waals surface area contributed by atoms with Crippen LogP contribution in [0.2, 0.25) is 0 Å². The molecule has 0 radical (unpaired) electrons. The average Bonchev–Trinajstić information content (AvgIpc) is 2.85. The van der Waals surface area contributed by atoms with Gasteiger partial charge >= 0.3 is 6.55 Å². The molecule has 126 valence electrons. The van der Waals surface area contributed by atoms with E-state index in [1.807, 2.05) is 13.8 Å².